The van der Waals surface area contributed by atoms with Crippen molar-refractivity contribution in [3.63, 3.8) is 0 Å². The highest BCUT2D eigenvalue weighted by molar-refractivity contribution is 5.94. The van der Waals surface area contributed by atoms with Gasteiger partial charge in [0.2, 0.25) is 0 Å². The molecule has 19 heavy (non-hydrogen) atoms. The maximum atomic E-state index is 12.1. The third-order valence-corrected chi connectivity index (χ3v) is 3.59. The van der Waals surface area contributed by atoms with Crippen LogP contribution in [0.3, 0.4) is 0 Å². The number of fused-ring (bicyclic) bond motifs is 1. The van der Waals surface area contributed by atoms with Crippen molar-refractivity contribution in [3.8, 4) is 0 Å². The second-order valence-electron chi connectivity index (χ2n) is 4.91. The van der Waals surface area contributed by atoms with Crippen LogP contribution in [0, 0.1) is 0 Å². The molecule has 2 heterocycles. The Bertz CT molecular complexity index is 556. The van der Waals surface area contributed by atoms with Crippen molar-refractivity contribution in [3.05, 3.63) is 41.5 Å². The van der Waals surface area contributed by atoms with Crippen molar-refractivity contribution in [2.24, 2.45) is 0 Å². The van der Waals surface area contributed by atoms with Crippen molar-refractivity contribution >= 4 is 5.91 Å². The summed E-state index contributed by atoms with van der Waals surface area (Å²) in [5.74, 6) is -0.0634. The number of H-pyrrole nitrogens is 1. The van der Waals surface area contributed by atoms with Crippen molar-refractivity contribution in [2.75, 3.05) is 6.54 Å². The maximum absolute atomic E-state index is 12.1. The molecule has 5 nitrogen and oxygen atoms in total. The highest BCUT2D eigenvalue weighted by atomic mass is 16.1. The smallest absolute Gasteiger partial charge is 0.272 e. The van der Waals surface area contributed by atoms with Crippen molar-refractivity contribution in [2.45, 2.75) is 32.2 Å². The Hall–Kier alpha value is -2.04. The van der Waals surface area contributed by atoms with E-state index in [-0.39, 0.29) is 5.91 Å². The van der Waals surface area contributed by atoms with Gasteiger partial charge in [-0.15, -0.1) is 0 Å². The molecule has 0 aromatic carbocycles. The Morgan fingerprint density at radius 2 is 2.11 bits per heavy atom. The summed E-state index contributed by atoms with van der Waals surface area (Å²) in [6.45, 7) is 1.40. The number of nitrogens with one attached hydrogen (secondary N) is 2. The van der Waals surface area contributed by atoms with Gasteiger partial charge in [0.25, 0.3) is 5.91 Å². The first-order valence-corrected chi connectivity index (χ1v) is 6.79. The van der Waals surface area contributed by atoms with Gasteiger partial charge in [-0.1, -0.05) is 0 Å². The van der Waals surface area contributed by atoms with Gasteiger partial charge in [-0.05, 0) is 37.8 Å². The average Bonchev–Trinajstić information content (AvgIpc) is 3.07. The Balaban J connectivity index is 1.59. The van der Waals surface area contributed by atoms with Gasteiger partial charge < -0.3 is 9.88 Å². The van der Waals surface area contributed by atoms with Gasteiger partial charge in [-0.25, -0.2) is 0 Å². The van der Waals surface area contributed by atoms with E-state index in [1.165, 1.54) is 6.42 Å². The summed E-state index contributed by atoms with van der Waals surface area (Å²) >= 11 is 0. The number of hydrogen-bond donors (Lipinski definition) is 2. The molecule has 1 aliphatic carbocycles. The van der Waals surface area contributed by atoms with E-state index in [1.807, 2.05) is 29.1 Å². The summed E-state index contributed by atoms with van der Waals surface area (Å²) in [5.41, 5.74) is 2.84. The van der Waals surface area contributed by atoms with E-state index in [4.69, 9.17) is 0 Å². The van der Waals surface area contributed by atoms with E-state index >= 15 is 0 Å². The van der Waals surface area contributed by atoms with Gasteiger partial charge in [-0.3, -0.25) is 9.89 Å². The molecular formula is C14H18N4O. The lowest BCUT2D eigenvalue weighted by Gasteiger charge is -2.11. The first kappa shape index (κ1) is 12.0. The standard InChI is InChI=1S/C14H18N4O/c19-14(15-7-10-18-8-3-4-9-18)13-11-5-1-2-6-12(11)16-17-13/h3-4,8-9H,1-2,5-7,10H2,(H,15,19)(H,16,17). The van der Waals surface area contributed by atoms with Crippen LogP contribution in [-0.2, 0) is 19.4 Å². The van der Waals surface area contributed by atoms with Crippen LogP contribution in [0.4, 0.5) is 0 Å². The van der Waals surface area contributed by atoms with Crippen LogP contribution in [0.25, 0.3) is 0 Å². The van der Waals surface area contributed by atoms with Crippen LogP contribution in [0.15, 0.2) is 24.5 Å². The predicted molar refractivity (Wildman–Crippen MR) is 72.0 cm³/mol. The molecule has 0 saturated carbocycles. The van der Waals surface area contributed by atoms with Gasteiger partial charge in [0.05, 0.1) is 0 Å². The zero-order valence-electron chi connectivity index (χ0n) is 10.9. The fourth-order valence-electron chi connectivity index (χ4n) is 2.57. The molecule has 5 heteroatoms. The van der Waals surface area contributed by atoms with Gasteiger partial charge in [-0.2, -0.15) is 5.10 Å². The minimum absolute atomic E-state index is 0.0634. The van der Waals surface area contributed by atoms with Gasteiger partial charge in [0.1, 0.15) is 0 Å². The summed E-state index contributed by atoms with van der Waals surface area (Å²) in [5, 5.41) is 10.1. The van der Waals surface area contributed by atoms with E-state index in [2.05, 4.69) is 15.5 Å². The lowest BCUT2D eigenvalue weighted by Crippen LogP contribution is -2.28. The molecule has 0 aliphatic heterocycles. The quantitative estimate of drug-likeness (QED) is 0.873. The number of nitrogens with zero attached hydrogens (tertiary/aromatic N) is 2. The number of aromatic nitrogens is 3. The van der Waals surface area contributed by atoms with Crippen LogP contribution >= 0.6 is 0 Å². The fraction of sp³-hybridized carbons (Fsp3) is 0.429. The molecule has 0 unspecified atom stereocenters. The lowest BCUT2D eigenvalue weighted by atomic mass is 9.96. The summed E-state index contributed by atoms with van der Waals surface area (Å²) < 4.78 is 2.04. The molecule has 0 saturated heterocycles. The maximum Gasteiger partial charge on any atom is 0.272 e. The zero-order valence-corrected chi connectivity index (χ0v) is 10.9. The third-order valence-electron chi connectivity index (χ3n) is 3.59. The summed E-state index contributed by atoms with van der Waals surface area (Å²) in [4.78, 5) is 12.1. The van der Waals surface area contributed by atoms with E-state index in [0.29, 0.717) is 12.2 Å². The molecule has 2 N–H and O–H groups in total. The second kappa shape index (κ2) is 5.30. The van der Waals surface area contributed by atoms with Gasteiger partial charge in [0.15, 0.2) is 5.69 Å². The predicted octanol–water partition coefficient (Wildman–Crippen LogP) is 1.52. The topological polar surface area (TPSA) is 62.7 Å². The number of rotatable bonds is 4. The Morgan fingerprint density at radius 1 is 1.32 bits per heavy atom. The first-order chi connectivity index (χ1) is 9.34. The van der Waals surface area contributed by atoms with E-state index in [9.17, 15) is 4.79 Å². The minimum atomic E-state index is -0.0634. The fourth-order valence-corrected chi connectivity index (χ4v) is 2.57. The Morgan fingerprint density at radius 3 is 2.95 bits per heavy atom. The summed E-state index contributed by atoms with van der Waals surface area (Å²) in [6.07, 6.45) is 8.29. The first-order valence-electron chi connectivity index (χ1n) is 6.79. The number of carbonyl (C=O) groups excluding carboxylic acids is 1. The number of amides is 1. The molecule has 0 atom stereocenters. The number of hydrogen-bond acceptors (Lipinski definition) is 2. The third kappa shape index (κ3) is 2.54. The molecule has 2 aromatic heterocycles. The Kier molecular flexibility index (Phi) is 3.35. The molecule has 0 radical (unpaired) electrons. The van der Waals surface area contributed by atoms with Crippen LogP contribution in [0.5, 0.6) is 0 Å². The second-order valence-corrected chi connectivity index (χ2v) is 4.91. The molecule has 0 bridgehead atoms. The number of aryl methyl sites for hydroxylation is 1. The number of aromatic amines is 1. The number of carbonyl (C=O) groups is 1. The SMILES string of the molecule is O=C(NCCn1cccc1)c1n[nH]c2c1CCCC2. The van der Waals surface area contributed by atoms with Crippen molar-refractivity contribution in [1.82, 2.24) is 20.1 Å². The Labute approximate surface area is 112 Å². The molecule has 1 amide bonds. The van der Waals surface area contributed by atoms with Crippen LogP contribution in [0.1, 0.15) is 34.6 Å². The van der Waals surface area contributed by atoms with Crippen molar-refractivity contribution in [1.29, 1.82) is 0 Å². The molecule has 100 valence electrons. The molecule has 0 spiro atoms. The molecule has 0 fully saturated rings. The lowest BCUT2D eigenvalue weighted by molar-refractivity contribution is 0.0946. The monoisotopic (exact) mass is 258 g/mol. The molecule has 2 aromatic rings. The summed E-state index contributed by atoms with van der Waals surface area (Å²) in [6, 6.07) is 3.96. The van der Waals surface area contributed by atoms with Gasteiger partial charge >= 0.3 is 0 Å². The highest BCUT2D eigenvalue weighted by Gasteiger charge is 2.21. The largest absolute Gasteiger partial charge is 0.353 e. The molecular weight excluding hydrogens is 240 g/mol. The van der Waals surface area contributed by atoms with E-state index in [1.54, 1.807) is 0 Å². The molecule has 1 aliphatic rings. The summed E-state index contributed by atoms with van der Waals surface area (Å²) in [7, 11) is 0. The normalized spacial score (nSPS) is 14.1. The van der Waals surface area contributed by atoms with Gasteiger partial charge in [0, 0.05) is 36.7 Å². The van der Waals surface area contributed by atoms with E-state index < -0.39 is 0 Å². The van der Waals surface area contributed by atoms with Crippen LogP contribution < -0.4 is 5.32 Å². The average molecular weight is 258 g/mol. The highest BCUT2D eigenvalue weighted by Crippen LogP contribution is 2.21. The van der Waals surface area contributed by atoms with E-state index in [0.717, 1.165) is 37.1 Å². The molecule has 3 rings (SSSR count). The van der Waals surface area contributed by atoms with Crippen LogP contribution in [0.2, 0.25) is 0 Å². The zero-order chi connectivity index (χ0) is 13.1. The minimum Gasteiger partial charge on any atom is -0.353 e. The van der Waals surface area contributed by atoms with Crippen molar-refractivity contribution < 1.29 is 4.79 Å². The van der Waals surface area contributed by atoms with Crippen LogP contribution in [-0.4, -0.2) is 27.2 Å².